The summed E-state index contributed by atoms with van der Waals surface area (Å²) in [6.07, 6.45) is 1.77. The lowest BCUT2D eigenvalue weighted by atomic mass is 10.0. The number of unbranched alkanes of at least 4 members (excludes halogenated alkanes) is 2. The number of aryl methyl sites for hydroxylation is 1. The molecular formula is C21H30N2O8S. The molecule has 1 saturated heterocycles. The van der Waals surface area contributed by atoms with E-state index in [-0.39, 0.29) is 17.0 Å². The fraction of sp³-hybridized carbons (Fsp3) is 0.476. The number of carboxylic acids is 1. The number of rotatable bonds is 8. The predicted octanol–water partition coefficient (Wildman–Crippen LogP) is 2.23. The quantitative estimate of drug-likeness (QED) is 0.170. The van der Waals surface area contributed by atoms with Gasteiger partial charge in [0.25, 0.3) is 16.0 Å². The summed E-state index contributed by atoms with van der Waals surface area (Å²) < 4.78 is 34.7. The fourth-order valence-corrected chi connectivity index (χ4v) is 3.31. The molecule has 0 bridgehead atoms. The van der Waals surface area contributed by atoms with Gasteiger partial charge in [-0.15, -0.1) is 0 Å². The van der Waals surface area contributed by atoms with Crippen molar-refractivity contribution in [2.45, 2.75) is 70.5 Å². The first-order valence-corrected chi connectivity index (χ1v) is 11.5. The topological polar surface area (TPSA) is 164 Å². The van der Waals surface area contributed by atoms with Crippen molar-refractivity contribution < 1.29 is 37.2 Å². The van der Waals surface area contributed by atoms with Crippen molar-refractivity contribution in [1.29, 1.82) is 0 Å². The van der Waals surface area contributed by atoms with Crippen LogP contribution in [0.5, 0.6) is 0 Å². The van der Waals surface area contributed by atoms with Crippen LogP contribution in [0.15, 0.2) is 40.4 Å². The second kappa shape index (κ2) is 11.7. The molecule has 1 heterocycles. The summed E-state index contributed by atoms with van der Waals surface area (Å²) >= 11 is 0. The van der Waals surface area contributed by atoms with Crippen molar-refractivity contribution in [3.8, 4) is 0 Å². The standard InChI is InChI=1S/C14H22N2O5.C7H8O3S/c1-4-5-6-7-9(17)21-13-10(15)12(18)16(13)11(8(2)3)14(19)20;1-6-2-4-7(5-3-6)11(8,9)10/h10,13H,4-7,15H2,1-3H3,(H,19,20);2-5H,1H3,(H,8,9,10)/t10-,13-;/m1./s1. The molecule has 0 spiro atoms. The van der Waals surface area contributed by atoms with Crippen molar-refractivity contribution in [1.82, 2.24) is 4.90 Å². The van der Waals surface area contributed by atoms with Gasteiger partial charge in [0.1, 0.15) is 11.7 Å². The third-order valence-corrected chi connectivity index (χ3v) is 5.42. The molecule has 10 nitrogen and oxygen atoms in total. The molecule has 1 aromatic carbocycles. The summed E-state index contributed by atoms with van der Waals surface area (Å²) in [5.41, 5.74) is 6.82. The summed E-state index contributed by atoms with van der Waals surface area (Å²) in [6.45, 7) is 7.00. The van der Waals surface area contributed by atoms with Crippen molar-refractivity contribution in [3.63, 3.8) is 0 Å². The van der Waals surface area contributed by atoms with Crippen LogP contribution in [0.3, 0.4) is 0 Å². The van der Waals surface area contributed by atoms with Crippen LogP contribution in [0.1, 0.15) is 52.0 Å². The van der Waals surface area contributed by atoms with Crippen LogP contribution < -0.4 is 5.73 Å². The Balaban J connectivity index is 0.000000389. The molecule has 0 aromatic heterocycles. The first-order valence-electron chi connectivity index (χ1n) is 10.0. The second-order valence-electron chi connectivity index (χ2n) is 7.51. The number of aliphatic carboxylic acids is 1. The molecule has 2 atom stereocenters. The number of ether oxygens (including phenoxy) is 1. The van der Waals surface area contributed by atoms with Crippen molar-refractivity contribution in [3.05, 3.63) is 41.1 Å². The molecular weight excluding hydrogens is 440 g/mol. The number of nitrogens with zero attached hydrogens (tertiary/aromatic N) is 1. The molecule has 1 fully saturated rings. The number of carbonyl (C=O) groups excluding carboxylic acids is 2. The molecule has 1 amide bonds. The lowest BCUT2D eigenvalue weighted by Gasteiger charge is -2.44. The van der Waals surface area contributed by atoms with Crippen molar-refractivity contribution in [2.75, 3.05) is 0 Å². The first kappa shape index (κ1) is 27.3. The zero-order chi connectivity index (χ0) is 24.6. The van der Waals surface area contributed by atoms with Crippen LogP contribution in [0.4, 0.5) is 0 Å². The van der Waals surface area contributed by atoms with Gasteiger partial charge in [-0.05, 0) is 44.9 Å². The minimum absolute atomic E-state index is 0.0666. The van der Waals surface area contributed by atoms with Gasteiger partial charge >= 0.3 is 11.9 Å². The van der Waals surface area contributed by atoms with E-state index in [2.05, 4.69) is 0 Å². The number of likely N-dealkylation sites (tertiary alicyclic amines) is 1. The summed E-state index contributed by atoms with van der Waals surface area (Å²) in [7, 11) is -4.02. The molecule has 0 aliphatic carbocycles. The zero-order valence-electron chi connectivity index (χ0n) is 18.6. The summed E-state index contributed by atoms with van der Waals surface area (Å²) in [5.74, 6) is -2.28. The molecule has 11 heteroatoms. The highest BCUT2D eigenvalue weighted by atomic mass is 32.2. The number of β-lactam (4-membered cyclic amide) rings is 1. The second-order valence-corrected chi connectivity index (χ2v) is 8.93. The normalized spacial score (nSPS) is 17.6. The van der Waals surface area contributed by atoms with Gasteiger partial charge in [-0.25, -0.2) is 4.79 Å². The molecule has 1 aliphatic heterocycles. The molecule has 1 aromatic rings. The molecule has 4 N–H and O–H groups in total. The van der Waals surface area contributed by atoms with E-state index in [1.54, 1.807) is 26.0 Å². The maximum atomic E-state index is 11.8. The molecule has 0 radical (unpaired) electrons. The fourth-order valence-electron chi connectivity index (χ4n) is 2.83. The third kappa shape index (κ3) is 7.43. The number of benzene rings is 1. The Morgan fingerprint density at radius 3 is 2.16 bits per heavy atom. The van der Waals surface area contributed by atoms with Crippen LogP contribution in [0.2, 0.25) is 0 Å². The van der Waals surface area contributed by atoms with Gasteiger partial charge in [0.2, 0.25) is 6.23 Å². The van der Waals surface area contributed by atoms with E-state index in [1.165, 1.54) is 12.1 Å². The van der Waals surface area contributed by atoms with Gasteiger partial charge in [-0.3, -0.25) is 19.0 Å². The number of amides is 1. The number of hydrogen-bond donors (Lipinski definition) is 3. The van der Waals surface area contributed by atoms with E-state index in [1.807, 2.05) is 13.8 Å². The number of hydrogen-bond acceptors (Lipinski definition) is 7. The highest BCUT2D eigenvalue weighted by Crippen LogP contribution is 2.27. The maximum Gasteiger partial charge on any atom is 0.352 e. The van der Waals surface area contributed by atoms with Crippen molar-refractivity contribution >= 4 is 28.0 Å². The number of carboxylic acid groups (broad SMARTS) is 1. The Kier molecular flexibility index (Phi) is 10.0. The SMILES string of the molecule is CCCCCC(=O)O[C@@H]1[C@H](N)C(=O)N1C(C(=O)O)=C(C)C.Cc1ccc(S(=O)(=O)O)cc1. The average molecular weight is 471 g/mol. The Morgan fingerprint density at radius 1 is 1.16 bits per heavy atom. The molecule has 2 rings (SSSR count). The predicted molar refractivity (Wildman–Crippen MR) is 116 cm³/mol. The van der Waals surface area contributed by atoms with E-state index < -0.39 is 40.2 Å². The van der Waals surface area contributed by atoms with Gasteiger partial charge < -0.3 is 15.6 Å². The van der Waals surface area contributed by atoms with Crippen LogP contribution in [-0.2, 0) is 29.2 Å². The summed E-state index contributed by atoms with van der Waals surface area (Å²) in [6, 6.07) is 4.98. The maximum absolute atomic E-state index is 11.8. The summed E-state index contributed by atoms with van der Waals surface area (Å²) in [5, 5.41) is 9.18. The Bertz CT molecular complexity index is 966. The number of nitrogens with two attached hydrogens (primary N) is 1. The number of esters is 1. The Morgan fingerprint density at radius 2 is 1.72 bits per heavy atom. The lowest BCUT2D eigenvalue weighted by molar-refractivity contribution is -0.185. The molecule has 0 unspecified atom stereocenters. The van der Waals surface area contributed by atoms with E-state index in [0.29, 0.717) is 12.0 Å². The third-order valence-electron chi connectivity index (χ3n) is 4.56. The minimum atomic E-state index is -4.02. The number of carbonyl (C=O) groups is 3. The summed E-state index contributed by atoms with van der Waals surface area (Å²) in [4.78, 5) is 35.6. The van der Waals surface area contributed by atoms with Crippen LogP contribution in [-0.4, -0.2) is 53.1 Å². The molecule has 178 valence electrons. The monoisotopic (exact) mass is 470 g/mol. The molecule has 1 aliphatic rings. The van der Waals surface area contributed by atoms with Crippen LogP contribution in [0.25, 0.3) is 0 Å². The van der Waals surface area contributed by atoms with Gasteiger partial charge in [-0.1, -0.05) is 37.5 Å². The van der Waals surface area contributed by atoms with Gasteiger partial charge in [-0.2, -0.15) is 8.42 Å². The minimum Gasteiger partial charge on any atom is -0.477 e. The molecule has 32 heavy (non-hydrogen) atoms. The average Bonchev–Trinajstić information content (AvgIpc) is 2.70. The Hall–Kier alpha value is -2.76. The van der Waals surface area contributed by atoms with E-state index >= 15 is 0 Å². The van der Waals surface area contributed by atoms with Gasteiger partial charge in [0, 0.05) is 6.42 Å². The lowest BCUT2D eigenvalue weighted by Crippen LogP contribution is -2.70. The van der Waals surface area contributed by atoms with Gasteiger partial charge in [0.15, 0.2) is 0 Å². The highest BCUT2D eigenvalue weighted by molar-refractivity contribution is 7.85. The van der Waals surface area contributed by atoms with E-state index in [4.69, 9.17) is 15.0 Å². The van der Waals surface area contributed by atoms with Crippen LogP contribution >= 0.6 is 0 Å². The van der Waals surface area contributed by atoms with Crippen LogP contribution in [0, 0.1) is 6.92 Å². The van der Waals surface area contributed by atoms with Gasteiger partial charge in [0.05, 0.1) is 4.90 Å². The highest BCUT2D eigenvalue weighted by Gasteiger charge is 2.51. The van der Waals surface area contributed by atoms with E-state index in [9.17, 15) is 27.9 Å². The van der Waals surface area contributed by atoms with E-state index in [0.717, 1.165) is 23.3 Å². The molecule has 0 saturated carbocycles. The number of allylic oxidation sites excluding steroid dienone is 1. The largest absolute Gasteiger partial charge is 0.477 e. The van der Waals surface area contributed by atoms with Crippen molar-refractivity contribution in [2.24, 2.45) is 5.73 Å². The smallest absolute Gasteiger partial charge is 0.352 e. The zero-order valence-corrected chi connectivity index (χ0v) is 19.4. The Labute approximate surface area is 187 Å². The first-order chi connectivity index (χ1) is 14.8.